The van der Waals surface area contributed by atoms with Crippen LogP contribution in [0.3, 0.4) is 0 Å². The summed E-state index contributed by atoms with van der Waals surface area (Å²) in [6.07, 6.45) is 0. The van der Waals surface area contributed by atoms with E-state index >= 15 is 0 Å². The quantitative estimate of drug-likeness (QED) is 0.318. The Morgan fingerprint density at radius 3 is 2.18 bits per heavy atom. The van der Waals surface area contributed by atoms with Gasteiger partial charge in [-0.1, -0.05) is 49.2 Å². The third-order valence-corrected chi connectivity index (χ3v) is 5.48. The summed E-state index contributed by atoms with van der Waals surface area (Å²) in [4.78, 5) is 11.8. The molecule has 0 heterocycles. The standard InChI is InChI=1S/C26H28Cl2N2O3/c1-4-32-24-13-19(15-29-21-9-11-22(12-10-21)30-26(31)17(2)3)23(28)14-25(24)33-16-18-5-7-20(27)8-6-18/h5-14,17,29H,4,15-16H2,1-3H3,(H,30,31). The Kier molecular flexibility index (Phi) is 8.87. The van der Waals surface area contributed by atoms with Crippen molar-refractivity contribution in [3.8, 4) is 11.5 Å². The SMILES string of the molecule is CCOc1cc(CNc2ccc(NC(=O)C(C)C)cc2)c(Cl)cc1OCc1ccc(Cl)cc1. The second-order valence-corrected chi connectivity index (χ2v) is 8.66. The third kappa shape index (κ3) is 7.31. The predicted octanol–water partition coefficient (Wildman–Crippen LogP) is 7.18. The van der Waals surface area contributed by atoms with E-state index in [1.54, 1.807) is 6.07 Å². The molecule has 0 saturated carbocycles. The summed E-state index contributed by atoms with van der Waals surface area (Å²) in [6, 6.07) is 18.7. The fourth-order valence-corrected chi connectivity index (χ4v) is 3.34. The molecule has 0 aliphatic heterocycles. The van der Waals surface area contributed by atoms with Crippen LogP contribution >= 0.6 is 23.2 Å². The Hall–Kier alpha value is -2.89. The van der Waals surface area contributed by atoms with E-state index in [2.05, 4.69) is 10.6 Å². The van der Waals surface area contributed by atoms with Gasteiger partial charge in [0, 0.05) is 39.9 Å². The first-order valence-corrected chi connectivity index (χ1v) is 11.6. The molecule has 33 heavy (non-hydrogen) atoms. The average molecular weight is 487 g/mol. The molecular formula is C26H28Cl2N2O3. The molecule has 0 aromatic heterocycles. The van der Waals surface area contributed by atoms with Crippen LogP contribution in [0.4, 0.5) is 11.4 Å². The zero-order chi connectivity index (χ0) is 23.8. The smallest absolute Gasteiger partial charge is 0.226 e. The molecule has 0 unspecified atom stereocenters. The van der Waals surface area contributed by atoms with Crippen molar-refractivity contribution in [2.75, 3.05) is 17.2 Å². The molecule has 3 rings (SSSR count). The summed E-state index contributed by atoms with van der Waals surface area (Å²) < 4.78 is 11.8. The van der Waals surface area contributed by atoms with E-state index in [-0.39, 0.29) is 11.8 Å². The normalized spacial score (nSPS) is 10.7. The first-order chi connectivity index (χ1) is 15.9. The minimum Gasteiger partial charge on any atom is -0.490 e. The highest BCUT2D eigenvalue weighted by molar-refractivity contribution is 6.31. The molecule has 0 aliphatic rings. The zero-order valence-electron chi connectivity index (χ0n) is 19.0. The zero-order valence-corrected chi connectivity index (χ0v) is 20.5. The van der Waals surface area contributed by atoms with Gasteiger partial charge in [0.15, 0.2) is 11.5 Å². The van der Waals surface area contributed by atoms with E-state index < -0.39 is 0 Å². The first-order valence-electron chi connectivity index (χ1n) is 10.8. The van der Waals surface area contributed by atoms with E-state index in [1.165, 1.54) is 0 Å². The predicted molar refractivity (Wildman–Crippen MR) is 136 cm³/mol. The second-order valence-electron chi connectivity index (χ2n) is 7.81. The lowest BCUT2D eigenvalue weighted by Crippen LogP contribution is -2.17. The maximum absolute atomic E-state index is 11.8. The van der Waals surface area contributed by atoms with E-state index in [9.17, 15) is 4.79 Å². The molecule has 0 spiro atoms. The molecule has 0 atom stereocenters. The van der Waals surface area contributed by atoms with Crippen LogP contribution in [-0.2, 0) is 17.9 Å². The third-order valence-electron chi connectivity index (χ3n) is 4.88. The Morgan fingerprint density at radius 2 is 1.55 bits per heavy atom. The molecular weight excluding hydrogens is 459 g/mol. The average Bonchev–Trinajstić information content (AvgIpc) is 2.80. The van der Waals surface area contributed by atoms with Gasteiger partial charge in [0.2, 0.25) is 5.91 Å². The number of hydrogen-bond acceptors (Lipinski definition) is 4. The summed E-state index contributed by atoms with van der Waals surface area (Å²) >= 11 is 12.5. The van der Waals surface area contributed by atoms with Gasteiger partial charge in [0.1, 0.15) is 6.61 Å². The maximum atomic E-state index is 11.8. The minimum atomic E-state index is -0.0670. The van der Waals surface area contributed by atoms with Crippen molar-refractivity contribution in [1.29, 1.82) is 0 Å². The lowest BCUT2D eigenvalue weighted by molar-refractivity contribution is -0.118. The monoisotopic (exact) mass is 486 g/mol. The second kappa shape index (κ2) is 11.8. The summed E-state index contributed by atoms with van der Waals surface area (Å²) in [5.41, 5.74) is 3.56. The minimum absolute atomic E-state index is 0.00989. The highest BCUT2D eigenvalue weighted by Gasteiger charge is 2.12. The Bertz CT molecular complexity index is 1070. The van der Waals surface area contributed by atoms with Crippen LogP contribution in [0.15, 0.2) is 60.7 Å². The molecule has 7 heteroatoms. The van der Waals surface area contributed by atoms with Crippen molar-refractivity contribution in [2.45, 2.75) is 33.9 Å². The molecule has 5 nitrogen and oxygen atoms in total. The van der Waals surface area contributed by atoms with Gasteiger partial charge >= 0.3 is 0 Å². The fraction of sp³-hybridized carbons (Fsp3) is 0.269. The molecule has 0 bridgehead atoms. The van der Waals surface area contributed by atoms with Crippen molar-refractivity contribution in [2.24, 2.45) is 5.92 Å². The summed E-state index contributed by atoms with van der Waals surface area (Å²) in [5, 5.41) is 7.50. The van der Waals surface area contributed by atoms with Gasteiger partial charge < -0.3 is 20.1 Å². The molecule has 0 radical (unpaired) electrons. The fourth-order valence-electron chi connectivity index (χ4n) is 2.99. The molecule has 0 fully saturated rings. The Labute approximate surface area is 205 Å². The Balaban J connectivity index is 1.66. The number of carbonyl (C=O) groups excluding carboxylic acids is 1. The van der Waals surface area contributed by atoms with Crippen molar-refractivity contribution >= 4 is 40.5 Å². The number of anilines is 2. The number of rotatable bonds is 10. The van der Waals surface area contributed by atoms with Crippen LogP contribution < -0.4 is 20.1 Å². The van der Waals surface area contributed by atoms with Crippen LogP contribution in [0.1, 0.15) is 31.9 Å². The number of carbonyl (C=O) groups is 1. The largest absolute Gasteiger partial charge is 0.490 e. The molecule has 174 valence electrons. The number of benzene rings is 3. The molecule has 3 aromatic rings. The van der Waals surface area contributed by atoms with Gasteiger partial charge in [0.05, 0.1) is 6.61 Å². The molecule has 2 N–H and O–H groups in total. The van der Waals surface area contributed by atoms with E-state index in [1.807, 2.05) is 75.4 Å². The van der Waals surface area contributed by atoms with Gasteiger partial charge in [-0.2, -0.15) is 0 Å². The lowest BCUT2D eigenvalue weighted by atomic mass is 10.1. The molecule has 0 saturated heterocycles. The summed E-state index contributed by atoms with van der Waals surface area (Å²) in [7, 11) is 0. The van der Waals surface area contributed by atoms with Crippen molar-refractivity contribution in [3.05, 3.63) is 81.8 Å². The van der Waals surface area contributed by atoms with Crippen LogP contribution in [0.2, 0.25) is 10.0 Å². The van der Waals surface area contributed by atoms with E-state index in [0.717, 1.165) is 22.5 Å². The molecule has 0 aliphatic carbocycles. The maximum Gasteiger partial charge on any atom is 0.226 e. The number of ether oxygens (including phenoxy) is 2. The molecule has 3 aromatic carbocycles. The van der Waals surface area contributed by atoms with Gasteiger partial charge in [-0.15, -0.1) is 0 Å². The highest BCUT2D eigenvalue weighted by atomic mass is 35.5. The lowest BCUT2D eigenvalue weighted by Gasteiger charge is -2.16. The van der Waals surface area contributed by atoms with Crippen molar-refractivity contribution < 1.29 is 14.3 Å². The Morgan fingerprint density at radius 1 is 0.909 bits per heavy atom. The van der Waals surface area contributed by atoms with Gasteiger partial charge in [0.25, 0.3) is 0 Å². The summed E-state index contributed by atoms with van der Waals surface area (Å²) in [5.74, 6) is 1.15. The first kappa shape index (κ1) is 24.7. The van der Waals surface area contributed by atoms with Crippen molar-refractivity contribution in [1.82, 2.24) is 0 Å². The van der Waals surface area contributed by atoms with Crippen molar-refractivity contribution in [3.63, 3.8) is 0 Å². The van der Waals surface area contributed by atoms with Gasteiger partial charge in [-0.3, -0.25) is 4.79 Å². The van der Waals surface area contributed by atoms with Crippen LogP contribution in [-0.4, -0.2) is 12.5 Å². The van der Waals surface area contributed by atoms with Gasteiger partial charge in [-0.05, 0) is 60.5 Å². The van der Waals surface area contributed by atoms with E-state index in [0.29, 0.717) is 41.3 Å². The number of hydrogen-bond donors (Lipinski definition) is 2. The van der Waals surface area contributed by atoms with Crippen LogP contribution in [0.5, 0.6) is 11.5 Å². The number of amides is 1. The van der Waals surface area contributed by atoms with E-state index in [4.69, 9.17) is 32.7 Å². The number of halogens is 2. The highest BCUT2D eigenvalue weighted by Crippen LogP contribution is 2.34. The van der Waals surface area contributed by atoms with Gasteiger partial charge in [-0.25, -0.2) is 0 Å². The van der Waals surface area contributed by atoms with Crippen LogP contribution in [0.25, 0.3) is 0 Å². The topological polar surface area (TPSA) is 59.6 Å². The summed E-state index contributed by atoms with van der Waals surface area (Å²) in [6.45, 7) is 7.04. The van der Waals surface area contributed by atoms with Crippen LogP contribution in [0, 0.1) is 5.92 Å². The number of nitrogens with one attached hydrogen (secondary N) is 2. The molecule has 1 amide bonds.